The van der Waals surface area contributed by atoms with Crippen LogP contribution in [0.3, 0.4) is 0 Å². The van der Waals surface area contributed by atoms with Gasteiger partial charge in [0.15, 0.2) is 6.61 Å². The Labute approximate surface area is 148 Å². The highest BCUT2D eigenvalue weighted by Crippen LogP contribution is 2.22. The summed E-state index contributed by atoms with van der Waals surface area (Å²) in [5.74, 6) is -2.42. The molecule has 0 saturated carbocycles. The van der Waals surface area contributed by atoms with Crippen molar-refractivity contribution in [1.29, 1.82) is 0 Å². The Bertz CT molecular complexity index is 823. The van der Waals surface area contributed by atoms with E-state index in [9.17, 15) is 18.4 Å². The Morgan fingerprint density at radius 1 is 1.19 bits per heavy atom. The van der Waals surface area contributed by atoms with Crippen molar-refractivity contribution in [3.05, 3.63) is 53.7 Å². The second-order valence-corrected chi connectivity index (χ2v) is 5.82. The molecule has 1 aromatic carbocycles. The third-order valence-corrected chi connectivity index (χ3v) is 3.95. The number of pyridine rings is 1. The maximum Gasteiger partial charge on any atom is 0.342 e. The number of aromatic nitrogens is 1. The van der Waals surface area contributed by atoms with Gasteiger partial charge < -0.3 is 15.0 Å². The minimum absolute atomic E-state index is 0.263. The van der Waals surface area contributed by atoms with Gasteiger partial charge in [0, 0.05) is 25.4 Å². The number of halogens is 2. The van der Waals surface area contributed by atoms with Gasteiger partial charge in [0.05, 0.1) is 5.69 Å². The molecule has 1 aliphatic heterocycles. The van der Waals surface area contributed by atoms with E-state index in [0.717, 1.165) is 44.1 Å². The smallest absolute Gasteiger partial charge is 0.342 e. The largest absolute Gasteiger partial charge is 0.452 e. The molecule has 0 radical (unpaired) electrons. The summed E-state index contributed by atoms with van der Waals surface area (Å²) in [4.78, 5) is 30.4. The van der Waals surface area contributed by atoms with Crippen molar-refractivity contribution in [2.24, 2.45) is 0 Å². The predicted molar refractivity (Wildman–Crippen MR) is 91.0 cm³/mol. The molecule has 1 fully saturated rings. The first kappa shape index (κ1) is 17.8. The molecule has 6 nitrogen and oxygen atoms in total. The molecule has 26 heavy (non-hydrogen) atoms. The lowest BCUT2D eigenvalue weighted by Crippen LogP contribution is -2.25. The molecule has 0 aliphatic carbocycles. The molecular formula is C18H17F2N3O3. The van der Waals surface area contributed by atoms with Crippen LogP contribution in [-0.2, 0) is 9.53 Å². The lowest BCUT2D eigenvalue weighted by atomic mass is 10.2. The van der Waals surface area contributed by atoms with Crippen LogP contribution < -0.4 is 10.2 Å². The van der Waals surface area contributed by atoms with E-state index in [2.05, 4.69) is 10.3 Å². The highest BCUT2D eigenvalue weighted by molar-refractivity contribution is 5.98. The molecule has 1 saturated heterocycles. The number of rotatable bonds is 5. The van der Waals surface area contributed by atoms with E-state index in [4.69, 9.17) is 4.74 Å². The molecule has 3 rings (SSSR count). The van der Waals surface area contributed by atoms with E-state index in [1.807, 2.05) is 4.90 Å². The van der Waals surface area contributed by atoms with Crippen molar-refractivity contribution in [2.75, 3.05) is 29.9 Å². The zero-order chi connectivity index (χ0) is 18.5. The highest BCUT2D eigenvalue weighted by atomic mass is 19.1. The summed E-state index contributed by atoms with van der Waals surface area (Å²) in [6, 6.07) is 5.87. The molecule has 8 heteroatoms. The van der Waals surface area contributed by atoms with Gasteiger partial charge in [-0.15, -0.1) is 0 Å². The summed E-state index contributed by atoms with van der Waals surface area (Å²) < 4.78 is 31.6. The predicted octanol–water partition coefficient (Wildman–Crippen LogP) is 2.76. The molecule has 136 valence electrons. The van der Waals surface area contributed by atoms with Crippen LogP contribution in [0.5, 0.6) is 0 Å². The van der Waals surface area contributed by atoms with Crippen molar-refractivity contribution in [1.82, 2.24) is 4.98 Å². The van der Waals surface area contributed by atoms with Gasteiger partial charge in [-0.25, -0.2) is 18.6 Å². The molecule has 1 N–H and O–H groups in total. The zero-order valence-corrected chi connectivity index (χ0v) is 13.9. The second kappa shape index (κ2) is 7.90. The third-order valence-electron chi connectivity index (χ3n) is 3.95. The maximum atomic E-state index is 13.5. The fraction of sp³-hybridized carbons (Fsp3) is 0.278. The zero-order valence-electron chi connectivity index (χ0n) is 13.9. The highest BCUT2D eigenvalue weighted by Gasteiger charge is 2.22. The Morgan fingerprint density at radius 2 is 1.96 bits per heavy atom. The summed E-state index contributed by atoms with van der Waals surface area (Å²) in [5.41, 5.74) is -0.0516. The summed E-state index contributed by atoms with van der Waals surface area (Å²) in [5, 5.41) is 2.17. The molecule has 0 bridgehead atoms. The van der Waals surface area contributed by atoms with E-state index in [1.54, 1.807) is 18.3 Å². The van der Waals surface area contributed by atoms with Crippen LogP contribution in [0.15, 0.2) is 36.5 Å². The Balaban J connectivity index is 1.62. The van der Waals surface area contributed by atoms with Gasteiger partial charge in [0.2, 0.25) is 0 Å². The number of carbonyl (C=O) groups is 2. The summed E-state index contributed by atoms with van der Waals surface area (Å²) in [6.07, 6.45) is 3.63. The standard InChI is InChI=1S/C18H17F2N3O3/c19-12-5-6-14(20)15(10-12)22-16(24)11-26-18(25)13-4-3-7-21-17(13)23-8-1-2-9-23/h3-7,10H,1-2,8-9,11H2,(H,22,24). The van der Waals surface area contributed by atoms with Crippen LogP contribution in [0.1, 0.15) is 23.2 Å². The maximum absolute atomic E-state index is 13.5. The van der Waals surface area contributed by atoms with E-state index in [0.29, 0.717) is 5.82 Å². The summed E-state index contributed by atoms with van der Waals surface area (Å²) >= 11 is 0. The Hall–Kier alpha value is -3.03. The lowest BCUT2D eigenvalue weighted by Gasteiger charge is -2.18. The van der Waals surface area contributed by atoms with Crippen LogP contribution in [-0.4, -0.2) is 36.6 Å². The lowest BCUT2D eigenvalue weighted by molar-refractivity contribution is -0.119. The van der Waals surface area contributed by atoms with E-state index in [-0.39, 0.29) is 11.3 Å². The number of anilines is 2. The first-order valence-electron chi connectivity index (χ1n) is 8.16. The van der Waals surface area contributed by atoms with E-state index in [1.165, 1.54) is 0 Å². The number of amides is 1. The van der Waals surface area contributed by atoms with Gasteiger partial charge in [-0.2, -0.15) is 0 Å². The normalized spacial score (nSPS) is 13.5. The number of ether oxygens (including phenoxy) is 1. The molecule has 1 amide bonds. The number of esters is 1. The van der Waals surface area contributed by atoms with Gasteiger partial charge in [0.25, 0.3) is 5.91 Å². The van der Waals surface area contributed by atoms with Gasteiger partial charge in [0.1, 0.15) is 23.0 Å². The van der Waals surface area contributed by atoms with Crippen molar-refractivity contribution in [3.8, 4) is 0 Å². The van der Waals surface area contributed by atoms with Crippen LogP contribution >= 0.6 is 0 Å². The van der Waals surface area contributed by atoms with Crippen molar-refractivity contribution in [3.63, 3.8) is 0 Å². The van der Waals surface area contributed by atoms with Gasteiger partial charge >= 0.3 is 5.97 Å². The molecule has 2 heterocycles. The van der Waals surface area contributed by atoms with Gasteiger partial charge in [-0.3, -0.25) is 4.79 Å². The number of hydrogen-bond acceptors (Lipinski definition) is 5. The van der Waals surface area contributed by atoms with Crippen molar-refractivity contribution in [2.45, 2.75) is 12.8 Å². The Morgan fingerprint density at radius 3 is 2.73 bits per heavy atom. The van der Waals surface area contributed by atoms with E-state index >= 15 is 0 Å². The molecule has 0 unspecified atom stereocenters. The van der Waals surface area contributed by atoms with Crippen molar-refractivity contribution < 1.29 is 23.1 Å². The van der Waals surface area contributed by atoms with Crippen LogP contribution in [0.2, 0.25) is 0 Å². The molecular weight excluding hydrogens is 344 g/mol. The average Bonchev–Trinajstić information content (AvgIpc) is 3.17. The molecule has 1 aliphatic rings. The molecule has 2 aromatic rings. The molecule has 0 atom stereocenters. The fourth-order valence-electron chi connectivity index (χ4n) is 2.73. The number of nitrogens with zero attached hydrogens (tertiary/aromatic N) is 2. The number of carbonyl (C=O) groups excluding carboxylic acids is 2. The average molecular weight is 361 g/mol. The topological polar surface area (TPSA) is 71.5 Å². The van der Waals surface area contributed by atoms with E-state index < -0.39 is 30.1 Å². The molecule has 1 aromatic heterocycles. The number of hydrogen-bond donors (Lipinski definition) is 1. The SMILES string of the molecule is O=C(COC(=O)c1cccnc1N1CCCC1)Nc1cc(F)ccc1F. The summed E-state index contributed by atoms with van der Waals surface area (Å²) in [7, 11) is 0. The molecule has 0 spiro atoms. The van der Waals surface area contributed by atoms with Crippen molar-refractivity contribution >= 4 is 23.4 Å². The minimum atomic E-state index is -0.783. The first-order valence-corrected chi connectivity index (χ1v) is 8.16. The van der Waals surface area contributed by atoms with Crippen LogP contribution in [0.25, 0.3) is 0 Å². The monoisotopic (exact) mass is 361 g/mol. The Kier molecular flexibility index (Phi) is 5.40. The first-order chi connectivity index (χ1) is 12.5. The quantitative estimate of drug-likeness (QED) is 0.829. The van der Waals surface area contributed by atoms with Gasteiger partial charge in [-0.1, -0.05) is 0 Å². The third kappa shape index (κ3) is 4.14. The number of nitrogens with one attached hydrogen (secondary N) is 1. The van der Waals surface area contributed by atoms with Crippen LogP contribution in [0, 0.1) is 11.6 Å². The summed E-state index contributed by atoms with van der Waals surface area (Å²) in [6.45, 7) is 0.983. The van der Waals surface area contributed by atoms with Crippen LogP contribution in [0.4, 0.5) is 20.3 Å². The fourth-order valence-corrected chi connectivity index (χ4v) is 2.73. The minimum Gasteiger partial charge on any atom is -0.452 e. The number of benzene rings is 1. The van der Waals surface area contributed by atoms with Gasteiger partial charge in [-0.05, 0) is 37.1 Å². The second-order valence-electron chi connectivity index (χ2n) is 5.82.